The molecule has 1 aromatic heterocycles. The van der Waals surface area contributed by atoms with Crippen molar-refractivity contribution in [3.63, 3.8) is 0 Å². The zero-order chi connectivity index (χ0) is 9.10. The van der Waals surface area contributed by atoms with Gasteiger partial charge < -0.3 is 4.90 Å². The monoisotopic (exact) mass is 194 g/mol. The number of pyridine rings is 1. The van der Waals surface area contributed by atoms with Gasteiger partial charge >= 0.3 is 0 Å². The lowest BCUT2D eigenvalue weighted by Gasteiger charge is -2.13. The first kappa shape index (κ1) is 8.56. The fourth-order valence-corrected chi connectivity index (χ4v) is 2.16. The average molecular weight is 194 g/mol. The Morgan fingerprint density at radius 1 is 1.62 bits per heavy atom. The van der Waals surface area contributed by atoms with E-state index in [0.29, 0.717) is 12.3 Å². The van der Waals surface area contributed by atoms with Crippen LogP contribution in [0.4, 0.5) is 0 Å². The van der Waals surface area contributed by atoms with Crippen molar-refractivity contribution in [3.8, 4) is 0 Å². The van der Waals surface area contributed by atoms with Crippen molar-refractivity contribution in [2.45, 2.75) is 6.54 Å². The largest absolute Gasteiger partial charge is 0.328 e. The molecule has 4 heteroatoms. The lowest BCUT2D eigenvalue weighted by Crippen LogP contribution is -2.24. The van der Waals surface area contributed by atoms with Gasteiger partial charge in [-0.15, -0.1) is 11.8 Å². The predicted molar refractivity (Wildman–Crippen MR) is 52.1 cm³/mol. The molecule has 0 N–H and O–H groups in total. The molecule has 1 aromatic rings. The second-order valence-electron chi connectivity index (χ2n) is 2.93. The van der Waals surface area contributed by atoms with Crippen molar-refractivity contribution in [2.75, 3.05) is 11.6 Å². The van der Waals surface area contributed by atoms with Crippen molar-refractivity contribution in [3.05, 3.63) is 30.1 Å². The van der Waals surface area contributed by atoms with Gasteiger partial charge in [0.15, 0.2) is 0 Å². The molecule has 1 aliphatic rings. The summed E-state index contributed by atoms with van der Waals surface area (Å²) < 4.78 is 0. The lowest BCUT2D eigenvalue weighted by molar-refractivity contribution is -0.127. The highest BCUT2D eigenvalue weighted by atomic mass is 32.2. The number of hydrogen-bond acceptors (Lipinski definition) is 3. The van der Waals surface area contributed by atoms with Crippen molar-refractivity contribution >= 4 is 17.7 Å². The third-order valence-electron chi connectivity index (χ3n) is 1.92. The van der Waals surface area contributed by atoms with Gasteiger partial charge in [-0.05, 0) is 11.6 Å². The van der Waals surface area contributed by atoms with Crippen LogP contribution >= 0.6 is 11.8 Å². The van der Waals surface area contributed by atoms with Gasteiger partial charge in [0.1, 0.15) is 0 Å². The first-order valence-corrected chi connectivity index (χ1v) is 5.26. The van der Waals surface area contributed by atoms with E-state index >= 15 is 0 Å². The summed E-state index contributed by atoms with van der Waals surface area (Å²) in [4.78, 5) is 17.1. The van der Waals surface area contributed by atoms with E-state index < -0.39 is 0 Å². The maximum absolute atomic E-state index is 11.3. The molecule has 1 saturated heterocycles. The summed E-state index contributed by atoms with van der Waals surface area (Å²) in [6.45, 7) is 0.694. The molecule has 1 aliphatic heterocycles. The molecule has 0 saturated carbocycles. The zero-order valence-corrected chi connectivity index (χ0v) is 7.96. The Labute approximate surface area is 81.1 Å². The summed E-state index contributed by atoms with van der Waals surface area (Å²) in [6.07, 6.45) is 3.54. The third-order valence-corrected chi connectivity index (χ3v) is 2.87. The minimum absolute atomic E-state index is 0.230. The number of hydrogen-bond donors (Lipinski definition) is 0. The molecular weight excluding hydrogens is 184 g/mol. The molecule has 0 radical (unpaired) electrons. The second-order valence-corrected chi connectivity index (χ2v) is 3.89. The Morgan fingerprint density at radius 2 is 2.54 bits per heavy atom. The van der Waals surface area contributed by atoms with Crippen LogP contribution in [-0.4, -0.2) is 27.4 Å². The van der Waals surface area contributed by atoms with Crippen LogP contribution in [0, 0.1) is 0 Å². The molecular formula is C9H10N2OS. The Balaban J connectivity index is 2.02. The molecule has 2 rings (SSSR count). The number of rotatable bonds is 2. The van der Waals surface area contributed by atoms with E-state index in [4.69, 9.17) is 0 Å². The van der Waals surface area contributed by atoms with Crippen molar-refractivity contribution in [2.24, 2.45) is 0 Å². The second kappa shape index (κ2) is 3.79. The summed E-state index contributed by atoms with van der Waals surface area (Å²) in [7, 11) is 0. The summed E-state index contributed by atoms with van der Waals surface area (Å²) in [5, 5.41) is 0. The van der Waals surface area contributed by atoms with Crippen LogP contribution in [0.3, 0.4) is 0 Å². The molecule has 1 amide bonds. The number of carbonyl (C=O) groups is 1. The van der Waals surface area contributed by atoms with E-state index in [1.807, 2.05) is 17.0 Å². The Morgan fingerprint density at radius 3 is 3.15 bits per heavy atom. The highest BCUT2D eigenvalue weighted by molar-refractivity contribution is 8.00. The van der Waals surface area contributed by atoms with Crippen LogP contribution in [0.5, 0.6) is 0 Å². The molecule has 3 nitrogen and oxygen atoms in total. The molecule has 13 heavy (non-hydrogen) atoms. The van der Waals surface area contributed by atoms with Crippen molar-refractivity contribution < 1.29 is 4.79 Å². The Bertz CT molecular complexity index is 302. The topological polar surface area (TPSA) is 33.2 Å². The van der Waals surface area contributed by atoms with Gasteiger partial charge in [0.05, 0.1) is 11.6 Å². The predicted octanol–water partition coefficient (Wildman–Crippen LogP) is 1.11. The number of aromatic nitrogens is 1. The summed E-state index contributed by atoms with van der Waals surface area (Å²) in [5.74, 6) is 1.67. The van der Waals surface area contributed by atoms with E-state index in [1.165, 1.54) is 0 Å². The number of carbonyl (C=O) groups excluding carboxylic acids is 1. The molecule has 0 aromatic carbocycles. The van der Waals surface area contributed by atoms with Crippen molar-refractivity contribution in [1.29, 1.82) is 0 Å². The van der Waals surface area contributed by atoms with Crippen LogP contribution in [-0.2, 0) is 11.3 Å². The van der Waals surface area contributed by atoms with E-state index in [-0.39, 0.29) is 5.91 Å². The number of nitrogens with zero attached hydrogens (tertiary/aromatic N) is 2. The van der Waals surface area contributed by atoms with Crippen LogP contribution in [0.2, 0.25) is 0 Å². The van der Waals surface area contributed by atoms with Gasteiger partial charge in [0.25, 0.3) is 0 Å². The molecule has 0 unspecified atom stereocenters. The van der Waals surface area contributed by atoms with Crippen molar-refractivity contribution in [1.82, 2.24) is 9.88 Å². The van der Waals surface area contributed by atoms with Crippen LogP contribution in [0.15, 0.2) is 24.5 Å². The van der Waals surface area contributed by atoms with Crippen LogP contribution < -0.4 is 0 Å². The van der Waals surface area contributed by atoms with Gasteiger partial charge in [0.2, 0.25) is 5.91 Å². The van der Waals surface area contributed by atoms with E-state index in [0.717, 1.165) is 11.4 Å². The van der Waals surface area contributed by atoms with Gasteiger partial charge in [-0.3, -0.25) is 9.78 Å². The lowest BCUT2D eigenvalue weighted by atomic mass is 10.3. The maximum atomic E-state index is 11.3. The van der Waals surface area contributed by atoms with E-state index in [1.54, 1.807) is 24.2 Å². The minimum atomic E-state index is 0.230. The molecule has 0 bridgehead atoms. The highest BCUT2D eigenvalue weighted by Crippen LogP contribution is 2.17. The smallest absolute Gasteiger partial charge is 0.233 e. The summed E-state index contributed by atoms with van der Waals surface area (Å²) >= 11 is 1.67. The van der Waals surface area contributed by atoms with Crippen LogP contribution in [0.25, 0.3) is 0 Å². The maximum Gasteiger partial charge on any atom is 0.233 e. The molecule has 0 atom stereocenters. The van der Waals surface area contributed by atoms with Crippen LogP contribution in [0.1, 0.15) is 5.56 Å². The van der Waals surface area contributed by atoms with Gasteiger partial charge in [-0.25, -0.2) is 0 Å². The minimum Gasteiger partial charge on any atom is -0.328 e. The normalized spacial score (nSPS) is 16.6. The first-order chi connectivity index (χ1) is 6.36. The van der Waals surface area contributed by atoms with Gasteiger partial charge in [-0.1, -0.05) is 6.07 Å². The van der Waals surface area contributed by atoms with E-state index in [2.05, 4.69) is 4.98 Å². The zero-order valence-electron chi connectivity index (χ0n) is 7.14. The molecule has 0 spiro atoms. The molecule has 68 valence electrons. The molecule has 1 fully saturated rings. The Kier molecular flexibility index (Phi) is 2.49. The number of amides is 1. The molecule has 2 heterocycles. The van der Waals surface area contributed by atoms with Gasteiger partial charge in [0, 0.05) is 18.9 Å². The number of thioether (sulfide) groups is 1. The fraction of sp³-hybridized carbons (Fsp3) is 0.333. The van der Waals surface area contributed by atoms with Gasteiger partial charge in [-0.2, -0.15) is 0 Å². The van der Waals surface area contributed by atoms with E-state index in [9.17, 15) is 4.79 Å². The first-order valence-electron chi connectivity index (χ1n) is 4.11. The average Bonchev–Trinajstić information content (AvgIpc) is 2.54. The third kappa shape index (κ3) is 2.01. The standard InChI is InChI=1S/C9H10N2OS/c12-9-6-13-7-11(9)5-8-2-1-3-10-4-8/h1-4H,5-7H2. The summed E-state index contributed by atoms with van der Waals surface area (Å²) in [5.41, 5.74) is 1.10. The quantitative estimate of drug-likeness (QED) is 0.707. The summed E-state index contributed by atoms with van der Waals surface area (Å²) in [6, 6.07) is 3.88. The molecule has 0 aliphatic carbocycles. The fourth-order valence-electron chi connectivity index (χ4n) is 1.25. The SMILES string of the molecule is O=C1CSCN1Cc1cccnc1. The Hall–Kier alpha value is -1.03. The highest BCUT2D eigenvalue weighted by Gasteiger charge is 2.20.